The molecular formula is C12H22N2O3. The second-order valence-corrected chi connectivity index (χ2v) is 4.46. The summed E-state index contributed by atoms with van der Waals surface area (Å²) in [5, 5.41) is 2.22. The number of carbonyl (C=O) groups excluding carboxylic acids is 2. The van der Waals surface area contributed by atoms with Crippen molar-refractivity contribution in [2.24, 2.45) is 0 Å². The van der Waals surface area contributed by atoms with Crippen LogP contribution >= 0.6 is 0 Å². The smallest absolute Gasteiger partial charge is 0.413 e. The lowest BCUT2D eigenvalue weighted by Gasteiger charge is -2.29. The lowest BCUT2D eigenvalue weighted by Crippen LogP contribution is -2.47. The van der Waals surface area contributed by atoms with Crippen molar-refractivity contribution in [2.45, 2.75) is 45.1 Å². The van der Waals surface area contributed by atoms with E-state index < -0.39 is 6.09 Å². The summed E-state index contributed by atoms with van der Waals surface area (Å²) in [5.74, 6) is -0.280. The molecule has 5 heteroatoms. The van der Waals surface area contributed by atoms with Crippen LogP contribution in [-0.4, -0.2) is 43.1 Å². The Labute approximate surface area is 102 Å². The van der Waals surface area contributed by atoms with Gasteiger partial charge in [-0.15, -0.1) is 0 Å². The van der Waals surface area contributed by atoms with Crippen molar-refractivity contribution in [3.05, 3.63) is 0 Å². The zero-order chi connectivity index (χ0) is 12.7. The molecule has 0 aliphatic carbocycles. The number of amides is 2. The second kappa shape index (κ2) is 7.27. The SMILES string of the molecule is COC(=O)NC(=O)[C@@H](C)N1CCCCCCC1. The highest BCUT2D eigenvalue weighted by molar-refractivity contribution is 5.94. The van der Waals surface area contributed by atoms with E-state index >= 15 is 0 Å². The normalized spacial score (nSPS) is 19.9. The topological polar surface area (TPSA) is 58.6 Å². The average molecular weight is 242 g/mol. The molecule has 0 radical (unpaired) electrons. The van der Waals surface area contributed by atoms with Gasteiger partial charge in [-0.1, -0.05) is 19.3 Å². The van der Waals surface area contributed by atoms with Crippen molar-refractivity contribution in [3.63, 3.8) is 0 Å². The molecule has 17 heavy (non-hydrogen) atoms. The summed E-state index contributed by atoms with van der Waals surface area (Å²) in [6, 6.07) is -0.271. The van der Waals surface area contributed by atoms with E-state index in [0.717, 1.165) is 25.9 Å². The van der Waals surface area contributed by atoms with E-state index in [0.29, 0.717) is 0 Å². The third-order valence-electron chi connectivity index (χ3n) is 3.23. The van der Waals surface area contributed by atoms with E-state index in [2.05, 4.69) is 15.0 Å². The van der Waals surface area contributed by atoms with Gasteiger partial charge in [0, 0.05) is 0 Å². The van der Waals surface area contributed by atoms with E-state index in [1.807, 2.05) is 6.92 Å². The number of nitrogens with zero attached hydrogens (tertiary/aromatic N) is 1. The number of alkyl carbamates (subject to hydrolysis) is 1. The van der Waals surface area contributed by atoms with Crippen molar-refractivity contribution in [2.75, 3.05) is 20.2 Å². The Bertz CT molecular complexity index is 260. The number of rotatable bonds is 2. The molecule has 0 saturated carbocycles. The highest BCUT2D eigenvalue weighted by Gasteiger charge is 2.23. The first kappa shape index (κ1) is 14.0. The molecule has 0 unspecified atom stereocenters. The first-order valence-corrected chi connectivity index (χ1v) is 6.28. The van der Waals surface area contributed by atoms with Crippen molar-refractivity contribution in [1.82, 2.24) is 10.2 Å². The molecule has 1 rings (SSSR count). The molecule has 1 atom stereocenters. The van der Waals surface area contributed by atoms with Crippen LogP contribution in [0.25, 0.3) is 0 Å². The molecule has 98 valence electrons. The second-order valence-electron chi connectivity index (χ2n) is 4.46. The maximum atomic E-state index is 11.8. The van der Waals surface area contributed by atoms with Gasteiger partial charge in [-0.25, -0.2) is 4.79 Å². The first-order chi connectivity index (χ1) is 8.15. The Morgan fingerprint density at radius 1 is 1.12 bits per heavy atom. The zero-order valence-corrected chi connectivity index (χ0v) is 10.7. The molecule has 5 nitrogen and oxygen atoms in total. The molecule has 1 heterocycles. The van der Waals surface area contributed by atoms with Crippen LogP contribution in [-0.2, 0) is 9.53 Å². The number of hydrogen-bond acceptors (Lipinski definition) is 4. The summed E-state index contributed by atoms with van der Waals surface area (Å²) in [6.45, 7) is 3.69. The first-order valence-electron chi connectivity index (χ1n) is 6.28. The fraction of sp³-hybridized carbons (Fsp3) is 0.833. The number of methoxy groups -OCH3 is 1. The molecule has 0 bridgehead atoms. The molecule has 1 fully saturated rings. The quantitative estimate of drug-likeness (QED) is 0.797. The van der Waals surface area contributed by atoms with Crippen molar-refractivity contribution >= 4 is 12.0 Å². The summed E-state index contributed by atoms with van der Waals surface area (Å²) in [5.41, 5.74) is 0. The Morgan fingerprint density at radius 2 is 1.65 bits per heavy atom. The Balaban J connectivity index is 2.45. The highest BCUT2D eigenvalue weighted by atomic mass is 16.5. The third kappa shape index (κ3) is 4.73. The summed E-state index contributed by atoms with van der Waals surface area (Å²) in [7, 11) is 1.25. The Morgan fingerprint density at radius 3 is 2.18 bits per heavy atom. The minimum Gasteiger partial charge on any atom is -0.453 e. The third-order valence-corrected chi connectivity index (χ3v) is 3.23. The van der Waals surface area contributed by atoms with E-state index in [4.69, 9.17) is 0 Å². The van der Waals surface area contributed by atoms with Crippen LogP contribution in [0.2, 0.25) is 0 Å². The molecule has 0 aromatic heterocycles. The van der Waals surface area contributed by atoms with Gasteiger partial charge in [-0.3, -0.25) is 15.0 Å². The standard InChI is InChI=1S/C12H22N2O3/c1-10(11(15)13-12(16)17-2)14-8-6-4-3-5-7-9-14/h10H,3-9H2,1-2H3,(H,13,15,16)/t10-/m1/s1. The summed E-state index contributed by atoms with van der Waals surface area (Å²) < 4.78 is 4.41. The molecular weight excluding hydrogens is 220 g/mol. The Hall–Kier alpha value is -1.10. The molecule has 1 saturated heterocycles. The van der Waals surface area contributed by atoms with Crippen molar-refractivity contribution in [3.8, 4) is 0 Å². The molecule has 1 aliphatic rings. The predicted molar refractivity (Wildman–Crippen MR) is 64.7 cm³/mol. The van der Waals surface area contributed by atoms with Crippen LogP contribution < -0.4 is 5.32 Å². The van der Waals surface area contributed by atoms with Gasteiger partial charge >= 0.3 is 6.09 Å². The maximum absolute atomic E-state index is 11.8. The van der Waals surface area contributed by atoms with E-state index in [1.54, 1.807) is 0 Å². The summed E-state index contributed by atoms with van der Waals surface area (Å²) in [4.78, 5) is 24.9. The molecule has 1 aliphatic heterocycles. The van der Waals surface area contributed by atoms with E-state index in [1.165, 1.54) is 26.4 Å². The monoisotopic (exact) mass is 242 g/mol. The minimum atomic E-state index is -0.686. The van der Waals surface area contributed by atoms with Gasteiger partial charge in [0.1, 0.15) is 0 Å². The molecule has 0 aromatic rings. The zero-order valence-electron chi connectivity index (χ0n) is 10.7. The van der Waals surface area contributed by atoms with Crippen molar-refractivity contribution in [1.29, 1.82) is 0 Å². The lowest BCUT2D eigenvalue weighted by molar-refractivity contribution is -0.125. The van der Waals surface area contributed by atoms with Gasteiger partial charge in [0.2, 0.25) is 5.91 Å². The molecule has 0 aromatic carbocycles. The van der Waals surface area contributed by atoms with Gasteiger partial charge in [0.15, 0.2) is 0 Å². The van der Waals surface area contributed by atoms with Gasteiger partial charge in [0.25, 0.3) is 0 Å². The fourth-order valence-corrected chi connectivity index (χ4v) is 2.08. The lowest BCUT2D eigenvalue weighted by atomic mass is 10.1. The highest BCUT2D eigenvalue weighted by Crippen LogP contribution is 2.12. The average Bonchev–Trinajstić information content (AvgIpc) is 2.27. The number of ether oxygens (including phenoxy) is 1. The molecule has 0 spiro atoms. The predicted octanol–water partition coefficient (Wildman–Crippen LogP) is 1.52. The largest absolute Gasteiger partial charge is 0.453 e. The van der Waals surface area contributed by atoms with Crippen molar-refractivity contribution < 1.29 is 14.3 Å². The van der Waals surface area contributed by atoms with Crippen LogP contribution in [0.4, 0.5) is 4.79 Å². The number of hydrogen-bond donors (Lipinski definition) is 1. The minimum absolute atomic E-state index is 0.271. The van der Waals surface area contributed by atoms with Gasteiger partial charge in [-0.2, -0.15) is 0 Å². The fourth-order valence-electron chi connectivity index (χ4n) is 2.08. The number of likely N-dealkylation sites (tertiary alicyclic amines) is 1. The molecule has 2 amide bonds. The number of imide groups is 1. The van der Waals surface area contributed by atoms with E-state index in [-0.39, 0.29) is 11.9 Å². The van der Waals surface area contributed by atoms with Crippen LogP contribution in [0.3, 0.4) is 0 Å². The van der Waals surface area contributed by atoms with Gasteiger partial charge in [0.05, 0.1) is 13.2 Å². The van der Waals surface area contributed by atoms with Crippen LogP contribution in [0.5, 0.6) is 0 Å². The Kier molecular flexibility index (Phi) is 5.97. The van der Waals surface area contributed by atoms with Gasteiger partial charge in [-0.05, 0) is 32.9 Å². The number of carbonyl (C=O) groups is 2. The number of nitrogens with one attached hydrogen (secondary N) is 1. The van der Waals surface area contributed by atoms with Crippen LogP contribution in [0.15, 0.2) is 0 Å². The maximum Gasteiger partial charge on any atom is 0.413 e. The summed E-state index contributed by atoms with van der Waals surface area (Å²) in [6.07, 6.45) is 5.29. The summed E-state index contributed by atoms with van der Waals surface area (Å²) >= 11 is 0. The molecule has 1 N–H and O–H groups in total. The van der Waals surface area contributed by atoms with E-state index in [9.17, 15) is 9.59 Å². The van der Waals surface area contributed by atoms with Gasteiger partial charge < -0.3 is 4.74 Å². The van der Waals surface area contributed by atoms with Crippen LogP contribution in [0.1, 0.15) is 39.0 Å². The van der Waals surface area contributed by atoms with Crippen LogP contribution in [0, 0.1) is 0 Å².